The summed E-state index contributed by atoms with van der Waals surface area (Å²) in [5.74, 6) is 1.26. The van der Waals surface area contributed by atoms with Crippen molar-refractivity contribution >= 4 is 5.91 Å². The van der Waals surface area contributed by atoms with Gasteiger partial charge in [-0.1, -0.05) is 12.1 Å². The number of hydrogen-bond donors (Lipinski definition) is 2. The van der Waals surface area contributed by atoms with Crippen LogP contribution in [0, 0.1) is 5.92 Å². The Morgan fingerprint density at radius 2 is 2.11 bits per heavy atom. The smallest absolute Gasteiger partial charge is 0.224 e. The monoisotopic (exact) mass is 263 g/mol. The van der Waals surface area contributed by atoms with Crippen LogP contribution in [0.1, 0.15) is 24.8 Å². The summed E-state index contributed by atoms with van der Waals surface area (Å²) >= 11 is 0. The van der Waals surface area contributed by atoms with Gasteiger partial charge in [0.25, 0.3) is 0 Å². The van der Waals surface area contributed by atoms with E-state index in [0.717, 1.165) is 30.6 Å². The summed E-state index contributed by atoms with van der Waals surface area (Å²) < 4.78 is 5.07. The summed E-state index contributed by atoms with van der Waals surface area (Å²) in [5.41, 5.74) is 0.977. The standard InChI is InChI=1S/C15H21NO3/c1-19-14-6-3-11(4-7-14)9-15(18)16-10-12-2-5-13(17)8-12/h3-4,6-7,12-13,17H,2,5,8-10H2,1H3,(H,16,18). The summed E-state index contributed by atoms with van der Waals surface area (Å²) in [6.45, 7) is 0.673. The van der Waals surface area contributed by atoms with Gasteiger partial charge in [-0.2, -0.15) is 0 Å². The summed E-state index contributed by atoms with van der Waals surface area (Å²) in [7, 11) is 1.62. The Hall–Kier alpha value is -1.55. The van der Waals surface area contributed by atoms with Gasteiger partial charge in [-0.3, -0.25) is 4.79 Å². The first kappa shape index (κ1) is 13.9. The van der Waals surface area contributed by atoms with Crippen molar-refractivity contribution < 1.29 is 14.6 Å². The zero-order valence-electron chi connectivity index (χ0n) is 11.3. The zero-order valence-corrected chi connectivity index (χ0v) is 11.3. The van der Waals surface area contributed by atoms with Gasteiger partial charge >= 0.3 is 0 Å². The van der Waals surface area contributed by atoms with E-state index in [9.17, 15) is 9.90 Å². The molecule has 0 spiro atoms. The molecule has 0 aromatic heterocycles. The van der Waals surface area contributed by atoms with E-state index in [0.29, 0.717) is 18.9 Å². The lowest BCUT2D eigenvalue weighted by molar-refractivity contribution is -0.120. The van der Waals surface area contributed by atoms with Gasteiger partial charge in [-0.25, -0.2) is 0 Å². The minimum atomic E-state index is -0.177. The van der Waals surface area contributed by atoms with Crippen molar-refractivity contribution in [2.75, 3.05) is 13.7 Å². The second kappa shape index (κ2) is 6.57. The predicted molar refractivity (Wildman–Crippen MR) is 73.1 cm³/mol. The highest BCUT2D eigenvalue weighted by molar-refractivity contribution is 5.78. The van der Waals surface area contributed by atoms with Gasteiger partial charge in [0.15, 0.2) is 0 Å². The van der Waals surface area contributed by atoms with Crippen molar-refractivity contribution in [3.8, 4) is 5.75 Å². The second-order valence-corrected chi connectivity index (χ2v) is 5.16. The number of hydrogen-bond acceptors (Lipinski definition) is 3. The minimum absolute atomic E-state index is 0.0338. The second-order valence-electron chi connectivity index (χ2n) is 5.16. The Labute approximate surface area is 113 Å². The van der Waals surface area contributed by atoms with Crippen LogP contribution in [0.4, 0.5) is 0 Å². The number of aliphatic hydroxyl groups excluding tert-OH is 1. The molecule has 1 aliphatic rings. The van der Waals surface area contributed by atoms with Crippen LogP contribution in [0.5, 0.6) is 5.75 Å². The predicted octanol–water partition coefficient (Wildman–Crippen LogP) is 1.51. The maximum Gasteiger partial charge on any atom is 0.224 e. The van der Waals surface area contributed by atoms with Crippen LogP contribution in [-0.4, -0.2) is 30.8 Å². The molecule has 0 bridgehead atoms. The third kappa shape index (κ3) is 4.24. The Balaban J connectivity index is 1.74. The van der Waals surface area contributed by atoms with Gasteiger partial charge < -0.3 is 15.2 Å². The summed E-state index contributed by atoms with van der Waals surface area (Å²) in [4.78, 5) is 11.8. The van der Waals surface area contributed by atoms with Crippen molar-refractivity contribution in [1.82, 2.24) is 5.32 Å². The highest BCUT2D eigenvalue weighted by Crippen LogP contribution is 2.24. The molecule has 1 amide bonds. The first-order valence-corrected chi connectivity index (χ1v) is 6.75. The quantitative estimate of drug-likeness (QED) is 0.846. The van der Waals surface area contributed by atoms with E-state index in [1.807, 2.05) is 24.3 Å². The lowest BCUT2D eigenvalue weighted by Crippen LogP contribution is -2.29. The van der Waals surface area contributed by atoms with Crippen LogP contribution in [-0.2, 0) is 11.2 Å². The fourth-order valence-electron chi connectivity index (χ4n) is 2.48. The highest BCUT2D eigenvalue weighted by atomic mass is 16.5. The Morgan fingerprint density at radius 3 is 2.68 bits per heavy atom. The molecular weight excluding hydrogens is 242 g/mol. The maximum absolute atomic E-state index is 11.8. The van der Waals surface area contributed by atoms with Crippen molar-refractivity contribution in [3.63, 3.8) is 0 Å². The molecule has 4 heteroatoms. The van der Waals surface area contributed by atoms with E-state index >= 15 is 0 Å². The molecule has 2 atom stereocenters. The molecule has 1 aromatic rings. The Morgan fingerprint density at radius 1 is 1.37 bits per heavy atom. The summed E-state index contributed by atoms with van der Waals surface area (Å²) in [5, 5.41) is 12.4. The van der Waals surface area contributed by atoms with E-state index in [4.69, 9.17) is 4.74 Å². The molecule has 0 radical (unpaired) electrons. The lowest BCUT2D eigenvalue weighted by Gasteiger charge is -2.11. The number of aliphatic hydroxyl groups is 1. The van der Waals surface area contributed by atoms with Gasteiger partial charge in [0.05, 0.1) is 19.6 Å². The Bertz CT molecular complexity index is 416. The van der Waals surface area contributed by atoms with Crippen LogP contribution >= 0.6 is 0 Å². The van der Waals surface area contributed by atoms with Crippen molar-refractivity contribution in [1.29, 1.82) is 0 Å². The summed E-state index contributed by atoms with van der Waals surface area (Å²) in [6.07, 6.45) is 2.88. The molecule has 2 N–H and O–H groups in total. The third-order valence-corrected chi connectivity index (χ3v) is 3.63. The zero-order chi connectivity index (χ0) is 13.7. The number of ether oxygens (including phenoxy) is 1. The number of rotatable bonds is 5. The molecule has 1 aromatic carbocycles. The number of carbonyl (C=O) groups excluding carboxylic acids is 1. The van der Waals surface area contributed by atoms with Gasteiger partial charge in [0.2, 0.25) is 5.91 Å². The average molecular weight is 263 g/mol. The maximum atomic E-state index is 11.8. The molecule has 2 unspecified atom stereocenters. The van der Waals surface area contributed by atoms with E-state index in [2.05, 4.69) is 5.32 Å². The largest absolute Gasteiger partial charge is 0.497 e. The van der Waals surface area contributed by atoms with Gasteiger partial charge in [-0.15, -0.1) is 0 Å². The van der Waals surface area contributed by atoms with Crippen LogP contribution < -0.4 is 10.1 Å². The number of methoxy groups -OCH3 is 1. The molecule has 1 saturated carbocycles. The van der Waals surface area contributed by atoms with E-state index in [1.54, 1.807) is 7.11 Å². The molecule has 19 heavy (non-hydrogen) atoms. The van der Waals surface area contributed by atoms with Crippen LogP contribution in [0.3, 0.4) is 0 Å². The van der Waals surface area contributed by atoms with Crippen LogP contribution in [0.2, 0.25) is 0 Å². The van der Waals surface area contributed by atoms with E-state index in [-0.39, 0.29) is 12.0 Å². The topological polar surface area (TPSA) is 58.6 Å². The average Bonchev–Trinajstić information content (AvgIpc) is 2.83. The molecule has 0 saturated heterocycles. The first-order valence-electron chi connectivity index (χ1n) is 6.75. The van der Waals surface area contributed by atoms with Crippen LogP contribution in [0.15, 0.2) is 24.3 Å². The van der Waals surface area contributed by atoms with Crippen LogP contribution in [0.25, 0.3) is 0 Å². The lowest BCUT2D eigenvalue weighted by atomic mass is 10.1. The van der Waals surface area contributed by atoms with E-state index < -0.39 is 0 Å². The Kier molecular flexibility index (Phi) is 4.80. The number of benzene rings is 1. The molecule has 104 valence electrons. The molecular formula is C15H21NO3. The normalized spacial score (nSPS) is 22.2. The highest BCUT2D eigenvalue weighted by Gasteiger charge is 2.22. The van der Waals surface area contributed by atoms with E-state index in [1.165, 1.54) is 0 Å². The summed E-state index contributed by atoms with van der Waals surface area (Å²) in [6, 6.07) is 7.52. The SMILES string of the molecule is COc1ccc(CC(=O)NCC2CCC(O)C2)cc1. The fraction of sp³-hybridized carbons (Fsp3) is 0.533. The van der Waals surface area contributed by atoms with Crippen molar-refractivity contribution in [2.24, 2.45) is 5.92 Å². The molecule has 1 fully saturated rings. The van der Waals surface area contributed by atoms with Crippen molar-refractivity contribution in [2.45, 2.75) is 31.8 Å². The molecule has 2 rings (SSSR count). The molecule has 1 aliphatic carbocycles. The minimum Gasteiger partial charge on any atom is -0.497 e. The number of nitrogens with one attached hydrogen (secondary N) is 1. The third-order valence-electron chi connectivity index (χ3n) is 3.63. The molecule has 4 nitrogen and oxygen atoms in total. The first-order chi connectivity index (χ1) is 9.17. The van der Waals surface area contributed by atoms with Gasteiger partial charge in [-0.05, 0) is 42.9 Å². The molecule has 0 heterocycles. The van der Waals surface area contributed by atoms with Gasteiger partial charge in [0, 0.05) is 6.54 Å². The van der Waals surface area contributed by atoms with Gasteiger partial charge in [0.1, 0.15) is 5.75 Å². The van der Waals surface area contributed by atoms with Crippen molar-refractivity contribution in [3.05, 3.63) is 29.8 Å². The number of amides is 1. The fourth-order valence-corrected chi connectivity index (χ4v) is 2.48. The molecule has 0 aliphatic heterocycles. The number of carbonyl (C=O) groups is 1.